The van der Waals surface area contributed by atoms with Gasteiger partial charge in [-0.1, -0.05) is 23.8 Å². The number of aromatic nitrogens is 2. The normalized spacial score (nSPS) is 10.5. The maximum atomic E-state index is 13.0. The number of hydrogen-bond acceptors (Lipinski definition) is 5. The molecule has 33 heavy (non-hydrogen) atoms. The molecule has 0 saturated heterocycles. The number of benzene rings is 2. The van der Waals surface area contributed by atoms with Crippen LogP contribution in [0.3, 0.4) is 0 Å². The largest absolute Gasteiger partial charge is 0.484 e. The quantitative estimate of drug-likeness (QED) is 0.359. The highest BCUT2D eigenvalue weighted by atomic mass is 16.5. The van der Waals surface area contributed by atoms with Gasteiger partial charge in [-0.2, -0.15) is 0 Å². The van der Waals surface area contributed by atoms with Crippen molar-refractivity contribution in [2.24, 2.45) is 0 Å². The van der Waals surface area contributed by atoms with E-state index in [2.05, 4.69) is 9.97 Å². The summed E-state index contributed by atoms with van der Waals surface area (Å²) in [7, 11) is 0. The smallest absolute Gasteiger partial charge is 0.261 e. The third kappa shape index (κ3) is 6.64. The summed E-state index contributed by atoms with van der Waals surface area (Å²) in [5.41, 5.74) is 3.13. The van der Waals surface area contributed by atoms with Crippen LogP contribution in [0.25, 0.3) is 0 Å². The molecule has 0 aliphatic heterocycles. The summed E-state index contributed by atoms with van der Waals surface area (Å²) >= 11 is 0. The van der Waals surface area contributed by atoms with Crippen molar-refractivity contribution in [3.8, 4) is 17.2 Å². The van der Waals surface area contributed by atoms with E-state index in [4.69, 9.17) is 9.47 Å². The lowest BCUT2D eigenvalue weighted by atomic mass is 10.2. The molecule has 6 heteroatoms. The highest BCUT2D eigenvalue weighted by Gasteiger charge is 2.16. The highest BCUT2D eigenvalue weighted by Crippen LogP contribution is 2.24. The average Bonchev–Trinajstić information content (AvgIpc) is 2.86. The van der Waals surface area contributed by atoms with Gasteiger partial charge in [0.1, 0.15) is 17.2 Å². The van der Waals surface area contributed by atoms with Gasteiger partial charge in [0, 0.05) is 37.9 Å². The standard InChI is InChI=1S/C27H25N3O3/c1-21-4-6-25(7-5-21)33-26-10-8-24(9-11-26)32-20-27(31)30(18-22-12-15-28-16-13-22)19-23-3-2-14-29-17-23/h2-17H,18-20H2,1H3. The number of rotatable bonds is 9. The first-order valence-corrected chi connectivity index (χ1v) is 10.7. The van der Waals surface area contributed by atoms with E-state index in [9.17, 15) is 4.79 Å². The number of pyridine rings is 2. The summed E-state index contributed by atoms with van der Waals surface area (Å²) in [5.74, 6) is 1.96. The molecule has 0 unspecified atom stereocenters. The Balaban J connectivity index is 1.37. The van der Waals surface area contributed by atoms with Crippen LogP contribution in [0, 0.1) is 6.92 Å². The minimum atomic E-state index is -0.115. The molecule has 2 aromatic heterocycles. The Kier molecular flexibility index (Phi) is 7.28. The van der Waals surface area contributed by atoms with E-state index in [0.717, 1.165) is 16.9 Å². The minimum absolute atomic E-state index is 0.0660. The molecule has 1 amide bonds. The van der Waals surface area contributed by atoms with Crippen LogP contribution in [0.4, 0.5) is 0 Å². The van der Waals surface area contributed by atoms with Crippen LogP contribution in [0.15, 0.2) is 97.6 Å². The number of aryl methyl sites for hydroxylation is 1. The molecular formula is C27H25N3O3. The predicted octanol–water partition coefficient (Wildman–Crippen LogP) is 5.19. The number of hydrogen-bond donors (Lipinski definition) is 0. The molecule has 0 aliphatic carbocycles. The third-order valence-electron chi connectivity index (χ3n) is 5.01. The minimum Gasteiger partial charge on any atom is -0.484 e. The van der Waals surface area contributed by atoms with E-state index in [-0.39, 0.29) is 12.5 Å². The molecule has 0 saturated carbocycles. The summed E-state index contributed by atoms with van der Waals surface area (Å²) in [6.07, 6.45) is 6.92. The molecule has 0 N–H and O–H groups in total. The Morgan fingerprint density at radius 1 is 0.758 bits per heavy atom. The van der Waals surface area contributed by atoms with Gasteiger partial charge in [0.05, 0.1) is 0 Å². The molecular weight excluding hydrogens is 414 g/mol. The summed E-state index contributed by atoms with van der Waals surface area (Å²) in [4.78, 5) is 22.9. The van der Waals surface area contributed by atoms with Crippen molar-refractivity contribution in [1.82, 2.24) is 14.9 Å². The molecule has 2 aromatic carbocycles. The summed E-state index contributed by atoms with van der Waals surface area (Å²) in [6.45, 7) is 2.88. The molecule has 2 heterocycles. The summed E-state index contributed by atoms with van der Waals surface area (Å²) in [5, 5.41) is 0. The van der Waals surface area contributed by atoms with Crippen LogP contribution < -0.4 is 9.47 Å². The fourth-order valence-corrected chi connectivity index (χ4v) is 3.24. The second-order valence-electron chi connectivity index (χ2n) is 7.64. The van der Waals surface area contributed by atoms with Crippen LogP contribution in [-0.4, -0.2) is 27.4 Å². The molecule has 0 radical (unpaired) electrons. The molecule has 0 aliphatic rings. The molecule has 0 spiro atoms. The van der Waals surface area contributed by atoms with Crippen molar-refractivity contribution in [2.75, 3.05) is 6.61 Å². The SMILES string of the molecule is Cc1ccc(Oc2ccc(OCC(=O)N(Cc3ccncc3)Cc3cccnc3)cc2)cc1. The van der Waals surface area contributed by atoms with Crippen molar-refractivity contribution in [2.45, 2.75) is 20.0 Å². The summed E-state index contributed by atoms with van der Waals surface area (Å²) < 4.78 is 11.6. The first-order valence-electron chi connectivity index (χ1n) is 10.7. The van der Waals surface area contributed by atoms with Gasteiger partial charge < -0.3 is 14.4 Å². The third-order valence-corrected chi connectivity index (χ3v) is 5.01. The van der Waals surface area contributed by atoms with Gasteiger partial charge in [-0.05, 0) is 72.6 Å². The lowest BCUT2D eigenvalue weighted by Crippen LogP contribution is -2.34. The van der Waals surface area contributed by atoms with Crippen molar-refractivity contribution in [3.05, 3.63) is 114 Å². The van der Waals surface area contributed by atoms with Crippen molar-refractivity contribution >= 4 is 5.91 Å². The summed E-state index contributed by atoms with van der Waals surface area (Å²) in [6, 6.07) is 22.7. The van der Waals surface area contributed by atoms with Crippen LogP contribution in [0.2, 0.25) is 0 Å². The topological polar surface area (TPSA) is 64.6 Å². The van der Waals surface area contributed by atoms with Gasteiger partial charge in [0.2, 0.25) is 0 Å². The van der Waals surface area contributed by atoms with Crippen LogP contribution >= 0.6 is 0 Å². The molecule has 166 valence electrons. The number of nitrogens with zero attached hydrogens (tertiary/aromatic N) is 3. The maximum Gasteiger partial charge on any atom is 0.261 e. The molecule has 0 atom stereocenters. The molecule has 4 aromatic rings. The van der Waals surface area contributed by atoms with Crippen LogP contribution in [0.5, 0.6) is 17.2 Å². The number of carbonyl (C=O) groups is 1. The Labute approximate surface area is 193 Å². The zero-order chi connectivity index (χ0) is 22.9. The Bertz CT molecular complexity index is 1110. The van der Waals surface area contributed by atoms with Gasteiger partial charge >= 0.3 is 0 Å². The number of amides is 1. The number of ether oxygens (including phenoxy) is 2. The average molecular weight is 440 g/mol. The Hall–Kier alpha value is -4.19. The van der Waals surface area contributed by atoms with Crippen LogP contribution in [-0.2, 0) is 17.9 Å². The predicted molar refractivity (Wildman–Crippen MR) is 126 cm³/mol. The van der Waals surface area contributed by atoms with Gasteiger partial charge in [-0.25, -0.2) is 0 Å². The first-order chi connectivity index (χ1) is 16.2. The Morgan fingerprint density at radius 2 is 1.39 bits per heavy atom. The van der Waals surface area contributed by atoms with Gasteiger partial charge in [-0.15, -0.1) is 0 Å². The van der Waals surface area contributed by atoms with Gasteiger partial charge in [-0.3, -0.25) is 14.8 Å². The van der Waals surface area contributed by atoms with Gasteiger partial charge in [0.15, 0.2) is 6.61 Å². The molecule has 0 bridgehead atoms. The first kappa shape index (κ1) is 22.0. The lowest BCUT2D eigenvalue weighted by molar-refractivity contribution is -0.134. The van der Waals surface area contributed by atoms with Crippen molar-refractivity contribution in [3.63, 3.8) is 0 Å². The molecule has 4 rings (SSSR count). The van der Waals surface area contributed by atoms with Crippen LogP contribution in [0.1, 0.15) is 16.7 Å². The highest BCUT2D eigenvalue weighted by molar-refractivity contribution is 5.77. The van der Waals surface area contributed by atoms with E-state index >= 15 is 0 Å². The van der Waals surface area contributed by atoms with Crippen molar-refractivity contribution in [1.29, 1.82) is 0 Å². The van der Waals surface area contributed by atoms with Gasteiger partial charge in [0.25, 0.3) is 5.91 Å². The zero-order valence-corrected chi connectivity index (χ0v) is 18.4. The van der Waals surface area contributed by atoms with E-state index in [1.165, 1.54) is 5.56 Å². The molecule has 0 fully saturated rings. The fraction of sp³-hybridized carbons (Fsp3) is 0.148. The second-order valence-corrected chi connectivity index (χ2v) is 7.64. The van der Waals surface area contributed by atoms with E-state index in [1.54, 1.807) is 41.8 Å². The monoisotopic (exact) mass is 439 g/mol. The van der Waals surface area contributed by atoms with Crippen molar-refractivity contribution < 1.29 is 14.3 Å². The second kappa shape index (κ2) is 10.9. The molecule has 6 nitrogen and oxygen atoms in total. The van der Waals surface area contributed by atoms with E-state index < -0.39 is 0 Å². The number of carbonyl (C=O) groups excluding carboxylic acids is 1. The maximum absolute atomic E-state index is 13.0. The van der Waals surface area contributed by atoms with E-state index in [0.29, 0.717) is 24.6 Å². The van der Waals surface area contributed by atoms with E-state index in [1.807, 2.05) is 67.6 Å². The zero-order valence-electron chi connectivity index (χ0n) is 18.4. The fourth-order valence-electron chi connectivity index (χ4n) is 3.24. The Morgan fingerprint density at radius 3 is 2.06 bits per heavy atom. The lowest BCUT2D eigenvalue weighted by Gasteiger charge is -2.23.